The maximum Gasteiger partial charge on any atom is 0.339 e. The van der Waals surface area contributed by atoms with Gasteiger partial charge in [0.15, 0.2) is 17.5 Å². The monoisotopic (exact) mass is 420 g/mol. The number of hydrogen-bond donors (Lipinski definition) is 1. The zero-order chi connectivity index (χ0) is 22.0. The second kappa shape index (κ2) is 8.34. The predicted molar refractivity (Wildman–Crippen MR) is 111 cm³/mol. The Labute approximate surface area is 177 Å². The smallest absolute Gasteiger partial charge is 0.339 e. The molecule has 158 valence electrons. The normalized spacial score (nSPS) is 12.1. The van der Waals surface area contributed by atoms with Gasteiger partial charge >= 0.3 is 5.97 Å². The second-order valence-electron chi connectivity index (χ2n) is 7.06. The van der Waals surface area contributed by atoms with Gasteiger partial charge in [0.05, 0.1) is 23.4 Å². The van der Waals surface area contributed by atoms with Gasteiger partial charge in [-0.2, -0.15) is 5.10 Å². The minimum Gasteiger partial charge on any atom is -0.463 e. The average Bonchev–Trinajstić information content (AvgIpc) is 3.43. The van der Waals surface area contributed by atoms with Gasteiger partial charge in [-0.15, -0.1) is 0 Å². The molecule has 0 saturated carbocycles. The molecule has 0 radical (unpaired) electrons. The molecule has 4 rings (SSSR count). The number of esters is 1. The highest BCUT2D eigenvalue weighted by molar-refractivity contribution is 6.05. The molecule has 31 heavy (non-hydrogen) atoms. The number of hydrogen-bond acceptors (Lipinski definition) is 8. The van der Waals surface area contributed by atoms with Crippen molar-refractivity contribution in [3.63, 3.8) is 0 Å². The summed E-state index contributed by atoms with van der Waals surface area (Å²) in [5.41, 5.74) is 1.21. The number of carbonyl (C=O) groups excluding carboxylic acids is 2. The van der Waals surface area contributed by atoms with Crippen molar-refractivity contribution in [3.8, 4) is 11.5 Å². The molecule has 0 saturated heterocycles. The zero-order valence-electron chi connectivity index (χ0n) is 17.1. The topological polar surface area (TPSA) is 125 Å². The molecule has 0 aliphatic rings. The van der Waals surface area contributed by atoms with Gasteiger partial charge < -0.3 is 9.15 Å². The number of anilines is 1. The lowest BCUT2D eigenvalue weighted by molar-refractivity contribution is -0.123. The number of amides is 1. The number of fused-ring (bicyclic) bond motifs is 1. The van der Waals surface area contributed by atoms with Crippen molar-refractivity contribution in [1.29, 1.82) is 0 Å². The Morgan fingerprint density at radius 2 is 1.94 bits per heavy atom. The van der Waals surface area contributed by atoms with Crippen molar-refractivity contribution in [2.75, 3.05) is 5.32 Å². The van der Waals surface area contributed by atoms with Crippen LogP contribution >= 0.6 is 0 Å². The van der Waals surface area contributed by atoms with E-state index in [-0.39, 0.29) is 17.6 Å². The fourth-order valence-electron chi connectivity index (χ4n) is 2.97. The van der Waals surface area contributed by atoms with E-state index in [1.165, 1.54) is 25.6 Å². The summed E-state index contributed by atoms with van der Waals surface area (Å²) < 4.78 is 12.6. The quantitative estimate of drug-likeness (QED) is 0.471. The van der Waals surface area contributed by atoms with Crippen LogP contribution in [-0.4, -0.2) is 42.7 Å². The van der Waals surface area contributed by atoms with Gasteiger partial charge in [0.1, 0.15) is 5.69 Å². The fourth-order valence-corrected chi connectivity index (χ4v) is 2.97. The van der Waals surface area contributed by atoms with Gasteiger partial charge in [0.2, 0.25) is 5.95 Å². The van der Waals surface area contributed by atoms with Crippen molar-refractivity contribution in [2.24, 2.45) is 0 Å². The molecule has 4 aromatic rings. The number of carbonyl (C=O) groups is 2. The van der Waals surface area contributed by atoms with Crippen LogP contribution in [0.4, 0.5) is 5.95 Å². The largest absolute Gasteiger partial charge is 0.463 e. The number of nitrogens with zero attached hydrogens (tertiary/aromatic N) is 5. The Morgan fingerprint density at radius 3 is 2.61 bits per heavy atom. The van der Waals surface area contributed by atoms with E-state index < -0.39 is 18.0 Å². The first-order valence-corrected chi connectivity index (χ1v) is 9.65. The van der Waals surface area contributed by atoms with Crippen LogP contribution in [0.1, 0.15) is 37.2 Å². The van der Waals surface area contributed by atoms with E-state index >= 15 is 0 Å². The van der Waals surface area contributed by atoms with Crippen molar-refractivity contribution in [2.45, 2.75) is 32.9 Å². The van der Waals surface area contributed by atoms with E-state index in [0.29, 0.717) is 22.5 Å². The Hall–Kier alpha value is -4.08. The number of furan rings is 1. The highest BCUT2D eigenvalue weighted by Gasteiger charge is 2.24. The number of ether oxygens (including phenoxy) is 1. The lowest BCUT2D eigenvalue weighted by atomic mass is 10.1. The lowest BCUT2D eigenvalue weighted by Gasteiger charge is -2.14. The molecule has 1 atom stereocenters. The summed E-state index contributed by atoms with van der Waals surface area (Å²) in [4.78, 5) is 37.8. The van der Waals surface area contributed by atoms with Gasteiger partial charge in [0.25, 0.3) is 5.91 Å². The van der Waals surface area contributed by atoms with Gasteiger partial charge in [-0.1, -0.05) is 0 Å². The summed E-state index contributed by atoms with van der Waals surface area (Å²) in [6.07, 6.45) is 5.00. The summed E-state index contributed by atoms with van der Waals surface area (Å²) in [7, 11) is 0. The van der Waals surface area contributed by atoms with Crippen LogP contribution in [0.2, 0.25) is 0 Å². The fraction of sp³-hybridized carbons (Fsp3) is 0.238. The molecule has 10 nitrogen and oxygen atoms in total. The molecule has 0 fully saturated rings. The van der Waals surface area contributed by atoms with Crippen LogP contribution in [0.15, 0.2) is 53.5 Å². The summed E-state index contributed by atoms with van der Waals surface area (Å²) in [5, 5.41) is 7.38. The summed E-state index contributed by atoms with van der Waals surface area (Å²) in [6.45, 7) is 5.40. The van der Waals surface area contributed by atoms with Crippen LogP contribution in [-0.2, 0) is 9.53 Å². The van der Waals surface area contributed by atoms with Crippen LogP contribution in [0.3, 0.4) is 0 Å². The molecule has 4 aromatic heterocycles. The summed E-state index contributed by atoms with van der Waals surface area (Å²) in [5.74, 6) is -0.603. The molecular weight excluding hydrogens is 400 g/mol. The minimum atomic E-state index is -1.08. The molecule has 0 bridgehead atoms. The van der Waals surface area contributed by atoms with Gasteiger partial charge in [0, 0.05) is 18.4 Å². The lowest BCUT2D eigenvalue weighted by Crippen LogP contribution is -2.30. The maximum absolute atomic E-state index is 13.0. The van der Waals surface area contributed by atoms with Crippen LogP contribution < -0.4 is 5.32 Å². The van der Waals surface area contributed by atoms with Crippen molar-refractivity contribution < 1.29 is 18.7 Å². The highest BCUT2D eigenvalue weighted by atomic mass is 16.5. The third-order valence-corrected chi connectivity index (χ3v) is 4.50. The minimum absolute atomic E-state index is 0.0243. The Balaban J connectivity index is 1.64. The van der Waals surface area contributed by atoms with Gasteiger partial charge in [-0.3, -0.25) is 10.1 Å². The van der Waals surface area contributed by atoms with Crippen molar-refractivity contribution in [3.05, 3.63) is 54.7 Å². The standard InChI is InChI=1S/C21H20N6O4/c1-12(2)27-18-15(11-24-27)14(10-16(25-18)17-6-4-9-30-17)20(29)31-13(3)19(28)26-21-22-7-5-8-23-21/h4-13H,1-3H3,(H,22,23,26,28). The Morgan fingerprint density at radius 1 is 1.16 bits per heavy atom. The highest BCUT2D eigenvalue weighted by Crippen LogP contribution is 2.27. The zero-order valence-corrected chi connectivity index (χ0v) is 17.1. The van der Waals surface area contributed by atoms with E-state index in [4.69, 9.17) is 9.15 Å². The number of rotatable bonds is 6. The number of nitrogens with one attached hydrogen (secondary N) is 1. The van der Waals surface area contributed by atoms with E-state index in [1.807, 2.05) is 13.8 Å². The first kappa shape index (κ1) is 20.2. The third kappa shape index (κ3) is 4.13. The first-order chi connectivity index (χ1) is 14.9. The van der Waals surface area contributed by atoms with Crippen LogP contribution in [0.5, 0.6) is 0 Å². The van der Waals surface area contributed by atoms with Crippen molar-refractivity contribution >= 4 is 28.9 Å². The molecule has 1 N–H and O–H groups in total. The van der Waals surface area contributed by atoms with Gasteiger partial charge in [-0.25, -0.2) is 24.4 Å². The third-order valence-electron chi connectivity index (χ3n) is 4.50. The predicted octanol–water partition coefficient (Wildman–Crippen LogP) is 3.25. The summed E-state index contributed by atoms with van der Waals surface area (Å²) >= 11 is 0. The first-order valence-electron chi connectivity index (χ1n) is 9.65. The molecule has 4 heterocycles. The van der Waals surface area contributed by atoms with Crippen LogP contribution in [0, 0.1) is 0 Å². The molecule has 1 amide bonds. The molecule has 0 spiro atoms. The van der Waals surface area contributed by atoms with E-state index in [9.17, 15) is 9.59 Å². The molecule has 1 unspecified atom stereocenters. The maximum atomic E-state index is 13.0. The number of pyridine rings is 1. The molecule has 10 heteroatoms. The van der Waals surface area contributed by atoms with Gasteiger partial charge in [-0.05, 0) is 45.0 Å². The molecular formula is C21H20N6O4. The average molecular weight is 420 g/mol. The Bertz CT molecular complexity index is 1220. The van der Waals surface area contributed by atoms with E-state index in [1.54, 1.807) is 35.1 Å². The Kier molecular flexibility index (Phi) is 5.44. The summed E-state index contributed by atoms with van der Waals surface area (Å²) in [6, 6.07) is 6.70. The van der Waals surface area contributed by atoms with E-state index in [2.05, 4.69) is 25.4 Å². The van der Waals surface area contributed by atoms with E-state index in [0.717, 1.165) is 0 Å². The molecule has 0 aliphatic carbocycles. The van der Waals surface area contributed by atoms with Crippen molar-refractivity contribution in [1.82, 2.24) is 24.7 Å². The SMILES string of the molecule is CC(OC(=O)c1cc(-c2ccco2)nc2c1cnn2C(C)C)C(=O)Nc1ncccn1. The molecule has 0 aromatic carbocycles. The molecule has 0 aliphatic heterocycles. The number of aromatic nitrogens is 5. The second-order valence-corrected chi connectivity index (χ2v) is 7.06. The van der Waals surface area contributed by atoms with Crippen LogP contribution in [0.25, 0.3) is 22.5 Å².